The van der Waals surface area contributed by atoms with Crippen molar-refractivity contribution in [3.63, 3.8) is 0 Å². The Bertz CT molecular complexity index is 672. The number of fused-ring (bicyclic) bond motifs is 1. The van der Waals surface area contributed by atoms with Gasteiger partial charge in [-0.15, -0.1) is 0 Å². The summed E-state index contributed by atoms with van der Waals surface area (Å²) in [7, 11) is 0. The summed E-state index contributed by atoms with van der Waals surface area (Å²) < 4.78 is 37.6. The average molecular weight is 340 g/mol. The first-order valence-electron chi connectivity index (χ1n) is 8.00. The van der Waals surface area contributed by atoms with E-state index in [4.69, 9.17) is 0 Å². The van der Waals surface area contributed by atoms with Gasteiger partial charge in [-0.25, -0.2) is 0 Å². The lowest BCUT2D eigenvalue weighted by molar-refractivity contribution is -0.157. The fourth-order valence-electron chi connectivity index (χ4n) is 3.59. The number of carbonyl (C=O) groups is 2. The number of amides is 2. The molecule has 4 nitrogen and oxygen atoms in total. The minimum atomic E-state index is -4.44. The van der Waals surface area contributed by atoms with E-state index >= 15 is 0 Å². The first-order chi connectivity index (χ1) is 11.3. The number of nitrogens with zero attached hydrogens (tertiary/aromatic N) is 2. The highest BCUT2D eigenvalue weighted by atomic mass is 19.4. The molecule has 1 saturated heterocycles. The summed E-state index contributed by atoms with van der Waals surface area (Å²) in [6.07, 6.45) is -2.89. The number of hydrogen-bond donors (Lipinski definition) is 0. The number of aryl methyl sites for hydroxylation is 2. The van der Waals surface area contributed by atoms with Gasteiger partial charge >= 0.3 is 6.18 Å². The molecule has 0 bridgehead atoms. The number of carbonyl (C=O) groups excluding carboxylic acids is 2. The lowest BCUT2D eigenvalue weighted by Gasteiger charge is -2.32. The van der Waals surface area contributed by atoms with Crippen molar-refractivity contribution in [3.05, 3.63) is 29.3 Å². The van der Waals surface area contributed by atoms with Crippen molar-refractivity contribution in [1.29, 1.82) is 0 Å². The summed E-state index contributed by atoms with van der Waals surface area (Å²) in [4.78, 5) is 27.1. The molecule has 1 aromatic rings. The number of alkyl halides is 3. The SMILES string of the molecule is Cc1cccc2c1N(C(=O)[C@H]1CC(=O)N(CC(F)(F)F)C1)CCC2. The van der Waals surface area contributed by atoms with Crippen LogP contribution >= 0.6 is 0 Å². The zero-order chi connectivity index (χ0) is 17.5. The molecular weight excluding hydrogens is 321 g/mol. The summed E-state index contributed by atoms with van der Waals surface area (Å²) in [6, 6.07) is 5.82. The molecule has 24 heavy (non-hydrogen) atoms. The van der Waals surface area contributed by atoms with Gasteiger partial charge in [0.2, 0.25) is 11.8 Å². The normalized spacial score (nSPS) is 21.2. The molecular formula is C17H19F3N2O2. The van der Waals surface area contributed by atoms with Crippen LogP contribution in [0.4, 0.5) is 18.9 Å². The Morgan fingerprint density at radius 3 is 2.79 bits per heavy atom. The van der Waals surface area contributed by atoms with Crippen LogP contribution in [0.2, 0.25) is 0 Å². The largest absolute Gasteiger partial charge is 0.406 e. The van der Waals surface area contributed by atoms with Crippen LogP contribution in [0.3, 0.4) is 0 Å². The van der Waals surface area contributed by atoms with Gasteiger partial charge in [0.25, 0.3) is 0 Å². The van der Waals surface area contributed by atoms with Crippen LogP contribution in [0.15, 0.2) is 18.2 Å². The number of halogens is 3. The van der Waals surface area contributed by atoms with E-state index in [1.54, 1.807) is 4.90 Å². The van der Waals surface area contributed by atoms with E-state index in [0.717, 1.165) is 34.6 Å². The Morgan fingerprint density at radius 1 is 1.33 bits per heavy atom. The van der Waals surface area contributed by atoms with Crippen molar-refractivity contribution < 1.29 is 22.8 Å². The van der Waals surface area contributed by atoms with E-state index in [1.165, 1.54) is 0 Å². The van der Waals surface area contributed by atoms with E-state index in [9.17, 15) is 22.8 Å². The highest BCUT2D eigenvalue weighted by Gasteiger charge is 2.42. The summed E-state index contributed by atoms with van der Waals surface area (Å²) in [5, 5.41) is 0. The Hall–Kier alpha value is -2.05. The van der Waals surface area contributed by atoms with Crippen molar-refractivity contribution in [2.45, 2.75) is 32.4 Å². The van der Waals surface area contributed by atoms with Crippen LogP contribution in [-0.2, 0) is 16.0 Å². The van der Waals surface area contributed by atoms with Crippen molar-refractivity contribution in [3.8, 4) is 0 Å². The van der Waals surface area contributed by atoms with E-state index in [2.05, 4.69) is 0 Å². The van der Waals surface area contributed by atoms with Crippen LogP contribution in [-0.4, -0.2) is 42.5 Å². The molecule has 1 atom stereocenters. The van der Waals surface area contributed by atoms with Crippen LogP contribution < -0.4 is 4.90 Å². The molecule has 2 aliphatic rings. The molecule has 2 amide bonds. The standard InChI is InChI=1S/C17H19F3N2O2/c1-11-4-2-5-12-6-3-7-22(15(11)12)16(24)13-8-14(23)21(9-13)10-17(18,19)20/h2,4-5,13H,3,6-10H2,1H3/t13-/m0/s1. The van der Waals surface area contributed by atoms with Gasteiger partial charge in [-0.3, -0.25) is 9.59 Å². The minimum Gasteiger partial charge on any atom is -0.333 e. The Morgan fingerprint density at radius 2 is 2.08 bits per heavy atom. The molecule has 2 aliphatic heterocycles. The van der Waals surface area contributed by atoms with Gasteiger partial charge in [0, 0.05) is 25.2 Å². The maximum Gasteiger partial charge on any atom is 0.406 e. The molecule has 0 radical (unpaired) electrons. The van der Waals surface area contributed by atoms with E-state index < -0.39 is 24.5 Å². The van der Waals surface area contributed by atoms with Crippen LogP contribution in [0.1, 0.15) is 24.0 Å². The molecule has 0 spiro atoms. The quantitative estimate of drug-likeness (QED) is 0.831. The summed E-state index contributed by atoms with van der Waals surface area (Å²) in [6.45, 7) is 1.01. The summed E-state index contributed by atoms with van der Waals surface area (Å²) in [5.74, 6) is -1.55. The maximum absolute atomic E-state index is 12.8. The van der Waals surface area contributed by atoms with Crippen molar-refractivity contribution in [1.82, 2.24) is 4.90 Å². The lowest BCUT2D eigenvalue weighted by atomic mass is 9.96. The van der Waals surface area contributed by atoms with Crippen LogP contribution in [0, 0.1) is 12.8 Å². The first-order valence-corrected chi connectivity index (χ1v) is 8.00. The smallest absolute Gasteiger partial charge is 0.333 e. The Labute approximate surface area is 138 Å². The molecule has 1 aromatic carbocycles. The monoisotopic (exact) mass is 340 g/mol. The van der Waals surface area contributed by atoms with Crippen molar-refractivity contribution >= 4 is 17.5 Å². The maximum atomic E-state index is 12.8. The zero-order valence-electron chi connectivity index (χ0n) is 13.4. The molecule has 0 aromatic heterocycles. The van der Waals surface area contributed by atoms with E-state index in [1.807, 2.05) is 25.1 Å². The first kappa shape index (κ1) is 16.8. The fraction of sp³-hybridized carbons (Fsp3) is 0.529. The van der Waals surface area contributed by atoms with E-state index in [0.29, 0.717) is 6.54 Å². The van der Waals surface area contributed by atoms with Gasteiger partial charge in [-0.2, -0.15) is 13.2 Å². The van der Waals surface area contributed by atoms with Crippen molar-refractivity contribution in [2.75, 3.05) is 24.5 Å². The predicted molar refractivity (Wildman–Crippen MR) is 82.6 cm³/mol. The van der Waals surface area contributed by atoms with E-state index in [-0.39, 0.29) is 18.9 Å². The highest BCUT2D eigenvalue weighted by molar-refractivity contribution is 6.00. The molecule has 7 heteroatoms. The molecule has 130 valence electrons. The van der Waals surface area contributed by atoms with Gasteiger partial charge in [0.1, 0.15) is 6.54 Å². The fourth-order valence-corrected chi connectivity index (χ4v) is 3.59. The van der Waals surface area contributed by atoms with Crippen LogP contribution in [0.5, 0.6) is 0 Å². The second kappa shape index (κ2) is 6.11. The number of rotatable bonds is 2. The van der Waals surface area contributed by atoms with Gasteiger partial charge < -0.3 is 9.80 Å². The summed E-state index contributed by atoms with van der Waals surface area (Å²) in [5.41, 5.74) is 2.90. The summed E-state index contributed by atoms with van der Waals surface area (Å²) >= 11 is 0. The molecule has 1 fully saturated rings. The molecule has 0 unspecified atom stereocenters. The number of para-hydroxylation sites is 1. The molecule has 0 saturated carbocycles. The number of hydrogen-bond acceptors (Lipinski definition) is 2. The lowest BCUT2D eigenvalue weighted by Crippen LogP contribution is -2.41. The second-order valence-electron chi connectivity index (χ2n) is 6.47. The minimum absolute atomic E-state index is 0.146. The second-order valence-corrected chi connectivity index (χ2v) is 6.47. The van der Waals surface area contributed by atoms with Gasteiger partial charge in [-0.05, 0) is 30.9 Å². The third-order valence-corrected chi connectivity index (χ3v) is 4.62. The molecule has 2 heterocycles. The van der Waals surface area contributed by atoms with Gasteiger partial charge in [-0.1, -0.05) is 18.2 Å². The third-order valence-electron chi connectivity index (χ3n) is 4.62. The molecule has 0 N–H and O–H groups in total. The van der Waals surface area contributed by atoms with Gasteiger partial charge in [0.15, 0.2) is 0 Å². The van der Waals surface area contributed by atoms with Crippen molar-refractivity contribution in [2.24, 2.45) is 5.92 Å². The Kier molecular flexibility index (Phi) is 4.27. The van der Waals surface area contributed by atoms with Gasteiger partial charge in [0.05, 0.1) is 5.92 Å². The predicted octanol–water partition coefficient (Wildman–Crippen LogP) is 2.69. The molecule has 0 aliphatic carbocycles. The Balaban J connectivity index is 1.78. The topological polar surface area (TPSA) is 40.6 Å². The molecule has 3 rings (SSSR count). The highest BCUT2D eigenvalue weighted by Crippen LogP contribution is 2.33. The number of likely N-dealkylation sites (tertiary alicyclic amines) is 1. The number of benzene rings is 1. The zero-order valence-corrected chi connectivity index (χ0v) is 13.4. The van der Waals surface area contributed by atoms with Crippen LogP contribution in [0.25, 0.3) is 0 Å². The third kappa shape index (κ3) is 3.25. The number of anilines is 1. The average Bonchev–Trinajstić information content (AvgIpc) is 2.85.